The van der Waals surface area contributed by atoms with Crippen LogP contribution >= 0.6 is 11.3 Å². The molecule has 2 aliphatic rings. The predicted octanol–water partition coefficient (Wildman–Crippen LogP) is 4.36. The van der Waals surface area contributed by atoms with Gasteiger partial charge in [-0.15, -0.1) is 11.3 Å². The Balaban J connectivity index is 1.60. The number of thiophene rings is 1. The van der Waals surface area contributed by atoms with Crippen molar-refractivity contribution < 1.29 is 19.0 Å². The van der Waals surface area contributed by atoms with Gasteiger partial charge in [0.05, 0.1) is 31.6 Å². The van der Waals surface area contributed by atoms with Gasteiger partial charge in [0.2, 0.25) is 0 Å². The number of carbonyl (C=O) groups is 1. The number of hydrogen-bond acceptors (Lipinski definition) is 6. The number of esters is 1. The highest BCUT2D eigenvalue weighted by Crippen LogP contribution is 2.37. The highest BCUT2D eigenvalue weighted by Gasteiger charge is 2.28. The van der Waals surface area contributed by atoms with E-state index in [2.05, 4.69) is 32.2 Å². The van der Waals surface area contributed by atoms with Gasteiger partial charge in [-0.3, -0.25) is 0 Å². The van der Waals surface area contributed by atoms with Crippen LogP contribution in [0, 0.1) is 0 Å². The Morgan fingerprint density at radius 3 is 2.50 bits per heavy atom. The standard InChI is InChI=1S/C20H31NO4S/c1-20(2,3)17-11-16(18(26-17)19(22)23-4)21-13-5-7-14(8-6-13)25-15-9-10-24-12-15/h11,13-15,21H,5-10,12H2,1-4H3/t13-,14-,15-/m0/s1. The molecule has 0 aromatic carbocycles. The lowest BCUT2D eigenvalue weighted by molar-refractivity contribution is -0.0331. The Labute approximate surface area is 160 Å². The molecule has 1 saturated carbocycles. The summed E-state index contributed by atoms with van der Waals surface area (Å²) in [7, 11) is 1.44. The van der Waals surface area contributed by atoms with E-state index in [-0.39, 0.29) is 17.5 Å². The summed E-state index contributed by atoms with van der Waals surface area (Å²) in [6, 6.07) is 2.50. The Morgan fingerprint density at radius 1 is 1.19 bits per heavy atom. The van der Waals surface area contributed by atoms with Gasteiger partial charge in [0.25, 0.3) is 0 Å². The summed E-state index contributed by atoms with van der Waals surface area (Å²) in [5.41, 5.74) is 0.933. The summed E-state index contributed by atoms with van der Waals surface area (Å²) >= 11 is 1.53. The number of rotatable bonds is 5. The van der Waals surface area contributed by atoms with E-state index >= 15 is 0 Å². The van der Waals surface area contributed by atoms with Crippen LogP contribution in [0.1, 0.15) is 67.4 Å². The van der Waals surface area contributed by atoms with Gasteiger partial charge in [0.1, 0.15) is 4.88 Å². The smallest absolute Gasteiger partial charge is 0.350 e. The fourth-order valence-electron chi connectivity index (χ4n) is 3.57. The molecule has 0 spiro atoms. The minimum absolute atomic E-state index is 0.0161. The third-order valence-electron chi connectivity index (χ3n) is 5.15. The zero-order chi connectivity index (χ0) is 18.7. The molecule has 26 heavy (non-hydrogen) atoms. The van der Waals surface area contributed by atoms with Crippen molar-refractivity contribution in [3.8, 4) is 0 Å². The third-order valence-corrected chi connectivity index (χ3v) is 6.69. The molecule has 0 unspecified atom stereocenters. The van der Waals surface area contributed by atoms with Gasteiger partial charge < -0.3 is 19.5 Å². The average molecular weight is 382 g/mol. The highest BCUT2D eigenvalue weighted by atomic mass is 32.1. The molecule has 3 rings (SSSR count). The second-order valence-corrected chi connectivity index (χ2v) is 9.39. The fraction of sp³-hybridized carbons (Fsp3) is 0.750. The molecule has 1 aromatic heterocycles. The quantitative estimate of drug-likeness (QED) is 0.768. The summed E-state index contributed by atoms with van der Waals surface area (Å²) in [5.74, 6) is -0.258. The van der Waals surface area contributed by atoms with E-state index in [0.717, 1.165) is 51.0 Å². The number of hydrogen-bond donors (Lipinski definition) is 1. The Bertz CT molecular complexity index is 608. The molecule has 1 saturated heterocycles. The molecule has 5 nitrogen and oxygen atoms in total. The van der Waals surface area contributed by atoms with Crippen molar-refractivity contribution in [2.45, 2.75) is 76.5 Å². The van der Waals surface area contributed by atoms with E-state index in [1.807, 2.05) is 0 Å². The summed E-state index contributed by atoms with van der Waals surface area (Å²) in [4.78, 5) is 14.1. The largest absolute Gasteiger partial charge is 0.465 e. The van der Waals surface area contributed by atoms with Crippen molar-refractivity contribution in [2.75, 3.05) is 25.6 Å². The van der Waals surface area contributed by atoms with Gasteiger partial charge in [0, 0.05) is 17.5 Å². The van der Waals surface area contributed by atoms with Crippen molar-refractivity contribution in [3.63, 3.8) is 0 Å². The first-order valence-corrected chi connectivity index (χ1v) is 10.4. The van der Waals surface area contributed by atoms with E-state index in [1.54, 1.807) is 0 Å². The van der Waals surface area contributed by atoms with Gasteiger partial charge in [-0.2, -0.15) is 0 Å². The Kier molecular flexibility index (Phi) is 6.25. The zero-order valence-corrected chi connectivity index (χ0v) is 17.1. The monoisotopic (exact) mass is 381 g/mol. The molecular weight excluding hydrogens is 350 g/mol. The van der Waals surface area contributed by atoms with E-state index in [4.69, 9.17) is 14.2 Å². The van der Waals surface area contributed by atoms with Crippen molar-refractivity contribution in [3.05, 3.63) is 15.8 Å². The molecule has 1 aliphatic carbocycles. The molecule has 1 aromatic rings. The summed E-state index contributed by atoms with van der Waals surface area (Å²) in [5, 5.41) is 3.60. The number of carbonyl (C=O) groups excluding carboxylic acids is 1. The predicted molar refractivity (Wildman–Crippen MR) is 104 cm³/mol. The van der Waals surface area contributed by atoms with Gasteiger partial charge >= 0.3 is 5.97 Å². The lowest BCUT2D eigenvalue weighted by Gasteiger charge is -2.31. The van der Waals surface area contributed by atoms with Gasteiger partial charge in [-0.1, -0.05) is 20.8 Å². The van der Waals surface area contributed by atoms with Crippen molar-refractivity contribution in [1.29, 1.82) is 0 Å². The van der Waals surface area contributed by atoms with E-state index < -0.39 is 0 Å². The molecular formula is C20H31NO4S. The SMILES string of the molecule is COC(=O)c1sc(C(C)(C)C)cc1N[C@H]1CC[C@H](O[C@H]2CCOC2)CC1. The topological polar surface area (TPSA) is 56.8 Å². The first kappa shape index (κ1) is 19.6. The van der Waals surface area contributed by atoms with Crippen LogP contribution in [-0.4, -0.2) is 44.5 Å². The molecule has 1 N–H and O–H groups in total. The third kappa shape index (κ3) is 4.78. The minimum Gasteiger partial charge on any atom is -0.465 e. The van der Waals surface area contributed by atoms with Crippen molar-refractivity contribution in [1.82, 2.24) is 0 Å². The first-order chi connectivity index (χ1) is 12.4. The molecule has 2 fully saturated rings. The average Bonchev–Trinajstić information content (AvgIpc) is 3.25. The summed E-state index contributed by atoms with van der Waals surface area (Å²) in [6.07, 6.45) is 5.86. The molecule has 6 heteroatoms. The number of methoxy groups -OCH3 is 1. The van der Waals surface area contributed by atoms with Crippen LogP contribution in [0.3, 0.4) is 0 Å². The lowest BCUT2D eigenvalue weighted by atomic mass is 9.92. The van der Waals surface area contributed by atoms with Crippen LogP contribution in [-0.2, 0) is 19.6 Å². The van der Waals surface area contributed by atoms with Crippen LogP contribution in [0.2, 0.25) is 0 Å². The number of ether oxygens (including phenoxy) is 3. The van der Waals surface area contributed by atoms with E-state index in [0.29, 0.717) is 17.0 Å². The number of nitrogens with one attached hydrogen (secondary N) is 1. The second kappa shape index (κ2) is 8.28. The zero-order valence-electron chi connectivity index (χ0n) is 16.3. The molecule has 1 atom stereocenters. The van der Waals surface area contributed by atoms with Crippen LogP contribution in [0.4, 0.5) is 5.69 Å². The minimum atomic E-state index is -0.258. The van der Waals surface area contributed by atoms with Gasteiger partial charge in [0.15, 0.2) is 0 Å². The molecule has 0 amide bonds. The normalized spacial score (nSPS) is 26.7. The van der Waals surface area contributed by atoms with Crippen LogP contribution in [0.15, 0.2) is 6.07 Å². The van der Waals surface area contributed by atoms with Crippen LogP contribution < -0.4 is 5.32 Å². The Hall–Kier alpha value is -1.11. The first-order valence-electron chi connectivity index (χ1n) is 9.59. The van der Waals surface area contributed by atoms with E-state index in [9.17, 15) is 4.79 Å². The summed E-state index contributed by atoms with van der Waals surface area (Å²) in [6.45, 7) is 8.06. The van der Waals surface area contributed by atoms with Crippen molar-refractivity contribution >= 4 is 23.0 Å². The second-order valence-electron chi connectivity index (χ2n) is 8.33. The van der Waals surface area contributed by atoms with Gasteiger partial charge in [-0.25, -0.2) is 4.79 Å². The molecule has 0 bridgehead atoms. The highest BCUT2D eigenvalue weighted by molar-refractivity contribution is 7.14. The van der Waals surface area contributed by atoms with Crippen LogP contribution in [0.25, 0.3) is 0 Å². The molecule has 1 aliphatic heterocycles. The fourth-order valence-corrected chi connectivity index (χ4v) is 4.67. The number of anilines is 1. The van der Waals surface area contributed by atoms with Crippen molar-refractivity contribution in [2.24, 2.45) is 0 Å². The molecule has 0 radical (unpaired) electrons. The summed E-state index contributed by atoms with van der Waals surface area (Å²) < 4.78 is 16.5. The van der Waals surface area contributed by atoms with Crippen LogP contribution in [0.5, 0.6) is 0 Å². The maximum absolute atomic E-state index is 12.2. The maximum Gasteiger partial charge on any atom is 0.350 e. The molecule has 2 heterocycles. The van der Waals surface area contributed by atoms with Gasteiger partial charge in [-0.05, 0) is 43.6 Å². The molecule has 146 valence electrons. The Morgan fingerprint density at radius 2 is 1.92 bits per heavy atom. The maximum atomic E-state index is 12.2. The van der Waals surface area contributed by atoms with E-state index in [1.165, 1.54) is 23.3 Å². The lowest BCUT2D eigenvalue weighted by Crippen LogP contribution is -2.32.